The van der Waals surface area contributed by atoms with Gasteiger partial charge in [-0.25, -0.2) is 9.97 Å². The van der Waals surface area contributed by atoms with E-state index in [1.165, 1.54) is 11.3 Å². The third-order valence-corrected chi connectivity index (χ3v) is 5.27. The molecule has 0 atom stereocenters. The Balaban J connectivity index is 2.53. The number of aromatic nitrogens is 2. The van der Waals surface area contributed by atoms with Crippen LogP contribution in [0.5, 0.6) is 0 Å². The second kappa shape index (κ2) is 5.76. The summed E-state index contributed by atoms with van der Waals surface area (Å²) in [6, 6.07) is 2.03. The summed E-state index contributed by atoms with van der Waals surface area (Å²) in [5, 5.41) is 22.4. The van der Waals surface area contributed by atoms with Crippen LogP contribution in [0.4, 0.5) is 0 Å². The maximum absolute atomic E-state index is 10.4. The number of halogens is 1. The van der Waals surface area contributed by atoms with Crippen molar-refractivity contribution in [2.24, 2.45) is 0 Å². The van der Waals surface area contributed by atoms with Crippen LogP contribution in [0.15, 0.2) is 5.38 Å². The predicted octanol–water partition coefficient (Wildman–Crippen LogP) is 4.81. The Labute approximate surface area is 136 Å². The zero-order valence-electron chi connectivity index (χ0n) is 12.1. The molecule has 21 heavy (non-hydrogen) atoms. The molecule has 1 N–H and O–H groups in total. The van der Waals surface area contributed by atoms with Gasteiger partial charge in [-0.1, -0.05) is 43.7 Å². The molecule has 2 heterocycles. The van der Waals surface area contributed by atoms with Crippen molar-refractivity contribution in [1.82, 2.24) is 9.97 Å². The van der Waals surface area contributed by atoms with E-state index in [1.807, 2.05) is 6.07 Å². The van der Waals surface area contributed by atoms with E-state index in [4.69, 9.17) is 11.6 Å². The van der Waals surface area contributed by atoms with Gasteiger partial charge in [0.2, 0.25) is 0 Å². The standard InChI is InChI=1S/C14H14ClN3OS2/c1-7-11(21-13(15)17-7)10(19)8(5-16)9-6-20-12(18-9)14(2,3)4/h6,19H,1-4H3/b10-8+. The highest BCUT2D eigenvalue weighted by Crippen LogP contribution is 2.34. The zero-order chi connectivity index (χ0) is 15.8. The smallest absolute Gasteiger partial charge is 0.184 e. The lowest BCUT2D eigenvalue weighted by molar-refractivity contribution is 0.515. The number of allylic oxidation sites excluding steroid dienone is 1. The molecule has 0 amide bonds. The van der Waals surface area contributed by atoms with Crippen molar-refractivity contribution < 1.29 is 5.11 Å². The quantitative estimate of drug-likeness (QED) is 0.629. The molecule has 2 rings (SSSR count). The molecule has 2 aromatic rings. The first-order valence-electron chi connectivity index (χ1n) is 6.17. The van der Waals surface area contributed by atoms with Crippen molar-refractivity contribution >= 4 is 45.6 Å². The SMILES string of the molecule is Cc1nc(Cl)sc1/C(O)=C(/C#N)c1csc(C(C)(C)C)n1. The Kier molecular flexibility index (Phi) is 4.38. The topological polar surface area (TPSA) is 69.8 Å². The molecule has 0 saturated heterocycles. The number of nitrogens with zero attached hydrogens (tertiary/aromatic N) is 3. The lowest BCUT2D eigenvalue weighted by Gasteiger charge is -2.13. The first-order chi connectivity index (χ1) is 9.74. The van der Waals surface area contributed by atoms with Crippen LogP contribution in [-0.4, -0.2) is 15.1 Å². The number of hydrogen-bond donors (Lipinski definition) is 1. The second-order valence-electron chi connectivity index (χ2n) is 5.50. The van der Waals surface area contributed by atoms with Crippen LogP contribution < -0.4 is 0 Å². The van der Waals surface area contributed by atoms with Gasteiger partial charge in [0.15, 0.2) is 10.2 Å². The molecule has 4 nitrogen and oxygen atoms in total. The lowest BCUT2D eigenvalue weighted by atomic mass is 9.98. The molecule has 0 fully saturated rings. The van der Waals surface area contributed by atoms with Crippen LogP contribution in [0.2, 0.25) is 4.47 Å². The third-order valence-electron chi connectivity index (χ3n) is 2.74. The molecule has 0 aliphatic rings. The molecular weight excluding hydrogens is 326 g/mol. The van der Waals surface area contributed by atoms with Gasteiger partial charge in [0.05, 0.1) is 21.3 Å². The van der Waals surface area contributed by atoms with Crippen molar-refractivity contribution in [1.29, 1.82) is 5.26 Å². The van der Waals surface area contributed by atoms with Gasteiger partial charge in [0, 0.05) is 10.8 Å². The lowest BCUT2D eigenvalue weighted by Crippen LogP contribution is -2.10. The monoisotopic (exact) mass is 339 g/mol. The zero-order valence-corrected chi connectivity index (χ0v) is 14.4. The van der Waals surface area contributed by atoms with Crippen LogP contribution in [0.25, 0.3) is 11.3 Å². The largest absolute Gasteiger partial charge is 0.505 e. The van der Waals surface area contributed by atoms with E-state index in [-0.39, 0.29) is 16.7 Å². The van der Waals surface area contributed by atoms with E-state index in [9.17, 15) is 10.4 Å². The van der Waals surface area contributed by atoms with Gasteiger partial charge < -0.3 is 5.11 Å². The molecule has 0 aliphatic heterocycles. The van der Waals surface area contributed by atoms with Gasteiger partial charge in [-0.15, -0.1) is 11.3 Å². The normalized spacial score (nSPS) is 13.0. The van der Waals surface area contributed by atoms with E-state index in [2.05, 4.69) is 30.7 Å². The van der Waals surface area contributed by atoms with Gasteiger partial charge in [-0.05, 0) is 6.92 Å². The van der Waals surface area contributed by atoms with E-state index < -0.39 is 0 Å². The minimum atomic E-state index is -0.120. The minimum Gasteiger partial charge on any atom is -0.505 e. The van der Waals surface area contributed by atoms with Gasteiger partial charge >= 0.3 is 0 Å². The van der Waals surface area contributed by atoms with Gasteiger partial charge in [0.1, 0.15) is 11.6 Å². The molecule has 0 bridgehead atoms. The Morgan fingerprint density at radius 2 is 2.05 bits per heavy atom. The molecule has 2 aromatic heterocycles. The minimum absolute atomic E-state index is 0.0944. The molecule has 0 aromatic carbocycles. The summed E-state index contributed by atoms with van der Waals surface area (Å²) >= 11 is 8.47. The summed E-state index contributed by atoms with van der Waals surface area (Å²) in [5.74, 6) is -0.120. The molecule has 110 valence electrons. The van der Waals surface area contributed by atoms with Crippen LogP contribution in [0.3, 0.4) is 0 Å². The Bertz CT molecular complexity index is 747. The Hall–Kier alpha value is -1.42. The second-order valence-corrected chi connectivity index (χ2v) is 7.94. The summed E-state index contributed by atoms with van der Waals surface area (Å²) < 4.78 is 0.333. The van der Waals surface area contributed by atoms with Crippen molar-refractivity contribution in [3.63, 3.8) is 0 Å². The maximum Gasteiger partial charge on any atom is 0.184 e. The Morgan fingerprint density at radius 3 is 2.48 bits per heavy atom. The van der Waals surface area contributed by atoms with Gasteiger partial charge in [0.25, 0.3) is 0 Å². The number of aliphatic hydroxyl groups is 1. The number of aliphatic hydroxyl groups excluding tert-OH is 1. The summed E-state index contributed by atoms with van der Waals surface area (Å²) in [5.41, 5.74) is 1.13. The van der Waals surface area contributed by atoms with E-state index in [0.29, 0.717) is 20.7 Å². The highest BCUT2D eigenvalue weighted by molar-refractivity contribution is 7.16. The van der Waals surface area contributed by atoms with Crippen LogP contribution in [-0.2, 0) is 5.41 Å². The molecule has 0 radical (unpaired) electrons. The number of hydrogen-bond acceptors (Lipinski definition) is 6. The number of nitriles is 1. The van der Waals surface area contributed by atoms with Crippen molar-refractivity contribution in [3.05, 3.63) is 31.1 Å². The summed E-state index contributed by atoms with van der Waals surface area (Å²) in [4.78, 5) is 9.02. The highest BCUT2D eigenvalue weighted by Gasteiger charge is 2.22. The van der Waals surface area contributed by atoms with Crippen LogP contribution >= 0.6 is 34.3 Å². The number of rotatable bonds is 2. The van der Waals surface area contributed by atoms with Crippen LogP contribution in [0.1, 0.15) is 42.0 Å². The highest BCUT2D eigenvalue weighted by atomic mass is 35.5. The predicted molar refractivity (Wildman–Crippen MR) is 87.7 cm³/mol. The Morgan fingerprint density at radius 1 is 1.38 bits per heavy atom. The molecule has 0 unspecified atom stereocenters. The van der Waals surface area contributed by atoms with E-state index in [1.54, 1.807) is 12.3 Å². The summed E-state index contributed by atoms with van der Waals surface area (Å²) in [7, 11) is 0. The first-order valence-corrected chi connectivity index (χ1v) is 8.24. The maximum atomic E-state index is 10.4. The molecular formula is C14H14ClN3OS2. The van der Waals surface area contributed by atoms with Gasteiger partial charge in [-0.3, -0.25) is 0 Å². The molecule has 7 heteroatoms. The fraction of sp³-hybridized carbons (Fsp3) is 0.357. The van der Waals surface area contributed by atoms with Gasteiger partial charge in [-0.2, -0.15) is 5.26 Å². The van der Waals surface area contributed by atoms with E-state index >= 15 is 0 Å². The van der Waals surface area contributed by atoms with Crippen LogP contribution in [0, 0.1) is 18.3 Å². The number of thiazole rings is 2. The molecule has 0 saturated carbocycles. The average Bonchev–Trinajstić information content (AvgIpc) is 2.96. The third kappa shape index (κ3) is 3.26. The fourth-order valence-electron chi connectivity index (χ4n) is 1.66. The van der Waals surface area contributed by atoms with Crippen molar-refractivity contribution in [3.8, 4) is 6.07 Å². The summed E-state index contributed by atoms with van der Waals surface area (Å²) in [6.45, 7) is 7.90. The fourth-order valence-corrected chi connectivity index (χ4v) is 3.66. The summed E-state index contributed by atoms with van der Waals surface area (Å²) in [6.07, 6.45) is 0. The average molecular weight is 340 g/mol. The van der Waals surface area contributed by atoms with E-state index in [0.717, 1.165) is 16.3 Å². The first kappa shape index (κ1) is 16.0. The number of aryl methyl sites for hydroxylation is 1. The molecule has 0 aliphatic carbocycles. The van der Waals surface area contributed by atoms with Crippen molar-refractivity contribution in [2.45, 2.75) is 33.1 Å². The molecule has 0 spiro atoms. The van der Waals surface area contributed by atoms with Crippen molar-refractivity contribution in [2.75, 3.05) is 0 Å².